The fourth-order valence-electron chi connectivity index (χ4n) is 2.57. The van der Waals surface area contributed by atoms with Crippen LogP contribution in [0.3, 0.4) is 0 Å². The maximum Gasteiger partial charge on any atom is 0.318 e. The minimum atomic E-state index is -0.185. The number of nitrogens with one attached hydrogen (secondary N) is 2. The lowest BCUT2D eigenvalue weighted by atomic mass is 10.1. The normalized spacial score (nSPS) is 13.9. The molecule has 1 aromatic rings. The van der Waals surface area contributed by atoms with E-state index in [-0.39, 0.29) is 6.03 Å². The van der Waals surface area contributed by atoms with Crippen LogP contribution in [0.1, 0.15) is 32.3 Å². The highest BCUT2D eigenvalue weighted by Crippen LogP contribution is 2.28. The Bertz CT molecular complexity index is 579. The molecular weight excluding hydrogens is 320 g/mol. The summed E-state index contributed by atoms with van der Waals surface area (Å²) < 4.78 is 16.5. The molecule has 2 amide bonds. The Hall–Kier alpha value is -2.21. The third-order valence-corrected chi connectivity index (χ3v) is 3.85. The van der Waals surface area contributed by atoms with Gasteiger partial charge in [0.15, 0.2) is 11.5 Å². The number of benzene rings is 1. The molecule has 0 spiro atoms. The van der Waals surface area contributed by atoms with Crippen LogP contribution in [0.25, 0.3) is 0 Å². The minimum Gasteiger partial charge on any atom is -0.490 e. The summed E-state index contributed by atoms with van der Waals surface area (Å²) in [5.74, 6) is 1.50. The first kappa shape index (κ1) is 19.1. The number of rotatable bonds is 8. The van der Waals surface area contributed by atoms with Crippen molar-refractivity contribution in [2.45, 2.75) is 33.1 Å². The van der Waals surface area contributed by atoms with Gasteiger partial charge in [0, 0.05) is 12.7 Å². The van der Waals surface area contributed by atoms with Crippen molar-refractivity contribution in [2.24, 2.45) is 0 Å². The van der Waals surface area contributed by atoms with Crippen molar-refractivity contribution in [2.75, 3.05) is 33.0 Å². The number of hydrogen-bond donors (Lipinski definition) is 2. The van der Waals surface area contributed by atoms with Crippen LogP contribution >= 0.6 is 0 Å². The first-order chi connectivity index (χ1) is 12.2. The molecule has 0 radical (unpaired) electrons. The van der Waals surface area contributed by atoms with E-state index >= 15 is 0 Å². The first-order valence-corrected chi connectivity index (χ1v) is 8.91. The van der Waals surface area contributed by atoms with Gasteiger partial charge in [-0.3, -0.25) is 0 Å². The molecule has 0 aliphatic carbocycles. The van der Waals surface area contributed by atoms with Crippen LogP contribution in [0, 0.1) is 0 Å². The Morgan fingerprint density at radius 2 is 1.88 bits per heavy atom. The van der Waals surface area contributed by atoms with E-state index in [1.165, 1.54) is 5.57 Å². The second-order valence-corrected chi connectivity index (χ2v) is 5.71. The highest BCUT2D eigenvalue weighted by Gasteiger charge is 2.08. The van der Waals surface area contributed by atoms with Crippen LogP contribution in [-0.2, 0) is 11.2 Å². The molecule has 2 rings (SSSR count). The fraction of sp³-hybridized carbons (Fsp3) is 0.526. The molecule has 0 bridgehead atoms. The van der Waals surface area contributed by atoms with Gasteiger partial charge in [0.05, 0.1) is 26.4 Å². The Morgan fingerprint density at radius 1 is 1.16 bits per heavy atom. The van der Waals surface area contributed by atoms with Crippen LogP contribution < -0.4 is 20.1 Å². The predicted molar refractivity (Wildman–Crippen MR) is 97.2 cm³/mol. The Balaban J connectivity index is 1.78. The van der Waals surface area contributed by atoms with E-state index in [1.807, 2.05) is 32.0 Å². The van der Waals surface area contributed by atoms with Crippen molar-refractivity contribution in [3.05, 3.63) is 35.5 Å². The van der Waals surface area contributed by atoms with E-state index in [0.717, 1.165) is 49.5 Å². The van der Waals surface area contributed by atoms with Crippen LogP contribution in [0.5, 0.6) is 11.5 Å². The van der Waals surface area contributed by atoms with Gasteiger partial charge in [0.2, 0.25) is 0 Å². The summed E-state index contributed by atoms with van der Waals surface area (Å²) in [5, 5.41) is 5.65. The van der Waals surface area contributed by atoms with Gasteiger partial charge in [0.1, 0.15) is 0 Å². The number of urea groups is 1. The quantitative estimate of drug-likeness (QED) is 0.758. The van der Waals surface area contributed by atoms with E-state index in [9.17, 15) is 4.79 Å². The third-order valence-electron chi connectivity index (χ3n) is 3.85. The summed E-state index contributed by atoms with van der Waals surface area (Å²) >= 11 is 0. The molecule has 0 aromatic heterocycles. The van der Waals surface area contributed by atoms with Crippen molar-refractivity contribution in [1.29, 1.82) is 0 Å². The highest BCUT2D eigenvalue weighted by molar-refractivity contribution is 5.74. The van der Waals surface area contributed by atoms with E-state index < -0.39 is 0 Å². The van der Waals surface area contributed by atoms with Gasteiger partial charge >= 0.3 is 6.03 Å². The van der Waals surface area contributed by atoms with Crippen molar-refractivity contribution < 1.29 is 19.0 Å². The maximum absolute atomic E-state index is 11.8. The lowest BCUT2D eigenvalue weighted by Crippen LogP contribution is -2.34. The summed E-state index contributed by atoms with van der Waals surface area (Å²) in [6.07, 6.45) is 4.28. The summed E-state index contributed by atoms with van der Waals surface area (Å²) in [5.41, 5.74) is 2.31. The topological polar surface area (TPSA) is 68.8 Å². The van der Waals surface area contributed by atoms with Gasteiger partial charge < -0.3 is 24.8 Å². The molecular formula is C19H28N2O4. The monoisotopic (exact) mass is 348 g/mol. The molecule has 6 heteroatoms. The predicted octanol–water partition coefficient (Wildman–Crippen LogP) is 3.02. The fourth-order valence-corrected chi connectivity index (χ4v) is 2.57. The SMILES string of the molecule is CCOc1ccc(CCNC(=O)NC=C2CCOCC2)cc1OCC. The molecule has 0 unspecified atom stereocenters. The molecule has 138 valence electrons. The number of amides is 2. The van der Waals surface area contributed by atoms with Crippen molar-refractivity contribution in [3.8, 4) is 11.5 Å². The summed E-state index contributed by atoms with van der Waals surface area (Å²) in [7, 11) is 0. The Morgan fingerprint density at radius 3 is 2.60 bits per heavy atom. The van der Waals surface area contributed by atoms with Gasteiger partial charge in [-0.25, -0.2) is 4.79 Å². The van der Waals surface area contributed by atoms with E-state index in [1.54, 1.807) is 6.20 Å². The van der Waals surface area contributed by atoms with E-state index in [2.05, 4.69) is 10.6 Å². The van der Waals surface area contributed by atoms with Crippen molar-refractivity contribution in [1.82, 2.24) is 10.6 Å². The molecule has 6 nitrogen and oxygen atoms in total. The summed E-state index contributed by atoms with van der Waals surface area (Å²) in [6.45, 7) is 7.09. The summed E-state index contributed by atoms with van der Waals surface area (Å²) in [6, 6.07) is 5.70. The molecule has 1 aromatic carbocycles. The van der Waals surface area contributed by atoms with Gasteiger partial charge in [-0.15, -0.1) is 0 Å². The molecule has 2 N–H and O–H groups in total. The smallest absolute Gasteiger partial charge is 0.318 e. The van der Waals surface area contributed by atoms with Crippen LogP contribution in [0.15, 0.2) is 30.0 Å². The van der Waals surface area contributed by atoms with Gasteiger partial charge in [-0.05, 0) is 56.4 Å². The molecule has 0 atom stereocenters. The van der Waals surface area contributed by atoms with E-state index in [0.29, 0.717) is 19.8 Å². The molecule has 1 aliphatic rings. The second kappa shape index (κ2) is 10.6. The lowest BCUT2D eigenvalue weighted by molar-refractivity contribution is 0.119. The largest absolute Gasteiger partial charge is 0.490 e. The molecule has 1 heterocycles. The number of carbonyl (C=O) groups excluding carboxylic acids is 1. The molecule has 25 heavy (non-hydrogen) atoms. The number of carbonyl (C=O) groups is 1. The van der Waals surface area contributed by atoms with Crippen LogP contribution in [-0.4, -0.2) is 39.0 Å². The minimum absolute atomic E-state index is 0.185. The Labute approximate surface area is 149 Å². The van der Waals surface area contributed by atoms with Gasteiger partial charge in [-0.2, -0.15) is 0 Å². The second-order valence-electron chi connectivity index (χ2n) is 5.71. The zero-order valence-corrected chi connectivity index (χ0v) is 15.1. The summed E-state index contributed by atoms with van der Waals surface area (Å²) in [4.78, 5) is 11.8. The van der Waals surface area contributed by atoms with E-state index in [4.69, 9.17) is 14.2 Å². The zero-order valence-electron chi connectivity index (χ0n) is 15.1. The zero-order chi connectivity index (χ0) is 17.9. The van der Waals surface area contributed by atoms with Gasteiger partial charge in [-0.1, -0.05) is 6.07 Å². The molecule has 0 saturated carbocycles. The van der Waals surface area contributed by atoms with Crippen LogP contribution in [0.2, 0.25) is 0 Å². The van der Waals surface area contributed by atoms with Crippen molar-refractivity contribution in [3.63, 3.8) is 0 Å². The van der Waals surface area contributed by atoms with Crippen molar-refractivity contribution >= 4 is 6.03 Å². The van der Waals surface area contributed by atoms with Crippen LogP contribution in [0.4, 0.5) is 4.79 Å². The molecule has 1 fully saturated rings. The third kappa shape index (κ3) is 6.66. The average molecular weight is 348 g/mol. The standard InChI is InChI=1S/C19H28N2O4/c1-3-24-17-6-5-15(13-18(17)25-4-2)7-10-20-19(22)21-14-16-8-11-23-12-9-16/h5-6,13-14H,3-4,7-12H2,1-2H3,(H2,20,21,22). The number of hydrogen-bond acceptors (Lipinski definition) is 4. The average Bonchev–Trinajstić information content (AvgIpc) is 2.63. The molecule has 1 saturated heterocycles. The number of ether oxygens (including phenoxy) is 3. The maximum atomic E-state index is 11.8. The van der Waals surface area contributed by atoms with Gasteiger partial charge in [0.25, 0.3) is 0 Å². The highest BCUT2D eigenvalue weighted by atomic mass is 16.5. The molecule has 1 aliphatic heterocycles. The first-order valence-electron chi connectivity index (χ1n) is 8.91. The Kier molecular flexibility index (Phi) is 8.12. The lowest BCUT2D eigenvalue weighted by Gasteiger charge is -2.15.